The van der Waals surface area contributed by atoms with Crippen LogP contribution in [0.15, 0.2) is 23.2 Å². The van der Waals surface area contributed by atoms with E-state index in [1.54, 1.807) is 11.8 Å². The van der Waals surface area contributed by atoms with Crippen LogP contribution < -0.4 is 0 Å². The van der Waals surface area contributed by atoms with Crippen LogP contribution in [0.3, 0.4) is 0 Å². The average Bonchev–Trinajstić information content (AvgIpc) is 2.27. The minimum atomic E-state index is -0.490. The molecule has 0 aliphatic rings. The second-order valence-corrected chi connectivity index (χ2v) is 4.25. The molecule has 0 saturated heterocycles. The highest BCUT2D eigenvalue weighted by Gasteiger charge is 2.04. The second-order valence-electron chi connectivity index (χ2n) is 3.08. The number of nitriles is 2. The third kappa shape index (κ3) is 4.01. The SMILES string of the molecule is Cc1ccc(SCCC(C#N)C#N)cn1. The Labute approximate surface area is 93.7 Å². The summed E-state index contributed by atoms with van der Waals surface area (Å²) in [6.07, 6.45) is 2.42. The van der Waals surface area contributed by atoms with E-state index in [-0.39, 0.29) is 0 Å². The van der Waals surface area contributed by atoms with E-state index >= 15 is 0 Å². The number of aryl methyl sites for hydroxylation is 1. The first-order valence-corrected chi connectivity index (χ1v) is 5.59. The van der Waals surface area contributed by atoms with Crippen molar-refractivity contribution in [2.24, 2.45) is 5.92 Å². The van der Waals surface area contributed by atoms with Crippen molar-refractivity contribution in [2.45, 2.75) is 18.2 Å². The Hall–Kier alpha value is -1.52. The highest BCUT2D eigenvalue weighted by molar-refractivity contribution is 7.99. The summed E-state index contributed by atoms with van der Waals surface area (Å²) in [4.78, 5) is 5.25. The fraction of sp³-hybridized carbons (Fsp3) is 0.364. The van der Waals surface area contributed by atoms with Crippen molar-refractivity contribution in [1.82, 2.24) is 4.98 Å². The molecule has 0 aliphatic carbocycles. The lowest BCUT2D eigenvalue weighted by atomic mass is 10.1. The van der Waals surface area contributed by atoms with Gasteiger partial charge >= 0.3 is 0 Å². The number of hydrogen-bond donors (Lipinski definition) is 0. The summed E-state index contributed by atoms with van der Waals surface area (Å²) in [5.41, 5.74) is 0.992. The number of thioether (sulfide) groups is 1. The van der Waals surface area contributed by atoms with E-state index in [2.05, 4.69) is 4.98 Å². The lowest BCUT2D eigenvalue weighted by Crippen LogP contribution is -1.94. The lowest BCUT2D eigenvalue weighted by molar-refractivity contribution is 0.811. The lowest BCUT2D eigenvalue weighted by Gasteiger charge is -2.01. The van der Waals surface area contributed by atoms with Crippen LogP contribution in [0.5, 0.6) is 0 Å². The van der Waals surface area contributed by atoms with Gasteiger partial charge in [-0.25, -0.2) is 0 Å². The average molecular weight is 217 g/mol. The maximum absolute atomic E-state index is 8.57. The van der Waals surface area contributed by atoms with E-state index in [0.717, 1.165) is 16.3 Å². The van der Waals surface area contributed by atoms with Crippen molar-refractivity contribution in [3.05, 3.63) is 24.0 Å². The molecule has 1 rings (SSSR count). The van der Waals surface area contributed by atoms with Crippen molar-refractivity contribution in [1.29, 1.82) is 10.5 Å². The second kappa shape index (κ2) is 6.06. The summed E-state index contributed by atoms with van der Waals surface area (Å²) in [6.45, 7) is 1.94. The third-order valence-corrected chi connectivity index (χ3v) is 2.89. The summed E-state index contributed by atoms with van der Waals surface area (Å²) in [5, 5.41) is 17.1. The summed E-state index contributed by atoms with van der Waals surface area (Å²) >= 11 is 1.62. The van der Waals surface area contributed by atoms with Gasteiger partial charge in [0.1, 0.15) is 5.92 Å². The van der Waals surface area contributed by atoms with E-state index in [1.165, 1.54) is 0 Å². The molecule has 0 atom stereocenters. The largest absolute Gasteiger partial charge is 0.260 e. The molecule has 0 spiro atoms. The van der Waals surface area contributed by atoms with Crippen molar-refractivity contribution in [2.75, 3.05) is 5.75 Å². The molecule has 1 aromatic heterocycles. The zero-order valence-electron chi connectivity index (χ0n) is 8.47. The van der Waals surface area contributed by atoms with E-state index in [9.17, 15) is 0 Å². The predicted molar refractivity (Wildman–Crippen MR) is 59.0 cm³/mol. The minimum absolute atomic E-state index is 0.490. The molecular formula is C11H11N3S. The molecule has 0 bridgehead atoms. The zero-order chi connectivity index (χ0) is 11.1. The maximum Gasteiger partial charge on any atom is 0.134 e. The van der Waals surface area contributed by atoms with Gasteiger partial charge in [0.25, 0.3) is 0 Å². The van der Waals surface area contributed by atoms with Gasteiger partial charge in [0.05, 0.1) is 12.1 Å². The summed E-state index contributed by atoms with van der Waals surface area (Å²) in [6, 6.07) is 7.87. The molecule has 0 saturated carbocycles. The summed E-state index contributed by atoms with van der Waals surface area (Å²) in [7, 11) is 0. The molecule has 0 N–H and O–H groups in total. The molecular weight excluding hydrogens is 206 g/mol. The highest BCUT2D eigenvalue weighted by atomic mass is 32.2. The van der Waals surface area contributed by atoms with Crippen LogP contribution in [-0.4, -0.2) is 10.7 Å². The first-order chi connectivity index (χ1) is 7.26. The topological polar surface area (TPSA) is 60.5 Å². The Morgan fingerprint density at radius 1 is 1.40 bits per heavy atom. The van der Waals surface area contributed by atoms with Crippen LogP contribution in [0.2, 0.25) is 0 Å². The van der Waals surface area contributed by atoms with Gasteiger partial charge in [-0.1, -0.05) is 0 Å². The van der Waals surface area contributed by atoms with Gasteiger partial charge in [-0.15, -0.1) is 11.8 Å². The number of hydrogen-bond acceptors (Lipinski definition) is 4. The third-order valence-electron chi connectivity index (χ3n) is 1.87. The standard InChI is InChI=1S/C11H11N3S/c1-9-2-3-11(8-14-9)15-5-4-10(6-12)7-13/h2-3,8,10H,4-5H2,1H3. The maximum atomic E-state index is 8.57. The van der Waals surface area contributed by atoms with Crippen LogP contribution in [0.25, 0.3) is 0 Å². The molecule has 15 heavy (non-hydrogen) atoms. The van der Waals surface area contributed by atoms with Gasteiger partial charge < -0.3 is 0 Å². The molecule has 0 amide bonds. The van der Waals surface area contributed by atoms with Crippen molar-refractivity contribution in [3.63, 3.8) is 0 Å². The number of rotatable bonds is 4. The van der Waals surface area contributed by atoms with Crippen LogP contribution in [0.1, 0.15) is 12.1 Å². The molecule has 0 unspecified atom stereocenters. The molecule has 4 heteroatoms. The van der Waals surface area contributed by atoms with E-state index in [0.29, 0.717) is 6.42 Å². The minimum Gasteiger partial charge on any atom is -0.260 e. The quantitative estimate of drug-likeness (QED) is 0.727. The smallest absolute Gasteiger partial charge is 0.134 e. The molecule has 1 aromatic rings. The summed E-state index contributed by atoms with van der Waals surface area (Å²) in [5.74, 6) is 0.284. The molecule has 1 heterocycles. The van der Waals surface area contributed by atoms with E-state index in [1.807, 2.05) is 37.4 Å². The first kappa shape index (κ1) is 11.6. The molecule has 0 fully saturated rings. The van der Waals surface area contributed by atoms with Crippen LogP contribution in [0, 0.1) is 35.5 Å². The van der Waals surface area contributed by atoms with Crippen LogP contribution >= 0.6 is 11.8 Å². The Bertz CT molecular complexity index is 372. The molecule has 0 aromatic carbocycles. The van der Waals surface area contributed by atoms with E-state index < -0.39 is 5.92 Å². The number of pyridine rings is 1. The fourth-order valence-corrected chi connectivity index (χ4v) is 1.87. The van der Waals surface area contributed by atoms with Gasteiger partial charge in [-0.2, -0.15) is 10.5 Å². The van der Waals surface area contributed by atoms with Gasteiger partial charge in [0.2, 0.25) is 0 Å². The van der Waals surface area contributed by atoms with E-state index in [4.69, 9.17) is 10.5 Å². The molecule has 0 aliphatic heterocycles. The van der Waals surface area contributed by atoms with Gasteiger partial charge in [0, 0.05) is 22.5 Å². The van der Waals surface area contributed by atoms with Crippen LogP contribution in [0.4, 0.5) is 0 Å². The number of aromatic nitrogens is 1. The fourth-order valence-electron chi connectivity index (χ4n) is 0.992. The highest BCUT2D eigenvalue weighted by Crippen LogP contribution is 2.19. The Morgan fingerprint density at radius 2 is 2.13 bits per heavy atom. The Balaban J connectivity index is 2.36. The monoisotopic (exact) mass is 217 g/mol. The number of nitrogens with zero attached hydrogens (tertiary/aromatic N) is 3. The zero-order valence-corrected chi connectivity index (χ0v) is 9.29. The summed E-state index contributed by atoms with van der Waals surface area (Å²) < 4.78 is 0. The predicted octanol–water partition coefficient (Wildman–Crippen LogP) is 2.54. The normalized spacial score (nSPS) is 9.60. The van der Waals surface area contributed by atoms with Crippen molar-refractivity contribution in [3.8, 4) is 12.1 Å². The Morgan fingerprint density at radius 3 is 2.67 bits per heavy atom. The van der Waals surface area contributed by atoms with Gasteiger partial charge in [0.15, 0.2) is 0 Å². The molecule has 3 nitrogen and oxygen atoms in total. The van der Waals surface area contributed by atoms with Crippen molar-refractivity contribution < 1.29 is 0 Å². The van der Waals surface area contributed by atoms with Crippen LogP contribution in [-0.2, 0) is 0 Å². The first-order valence-electron chi connectivity index (χ1n) is 4.61. The van der Waals surface area contributed by atoms with Gasteiger partial charge in [-0.3, -0.25) is 4.98 Å². The molecule has 0 radical (unpaired) electrons. The Kier molecular flexibility index (Phi) is 4.66. The molecule has 76 valence electrons. The van der Waals surface area contributed by atoms with Gasteiger partial charge in [-0.05, 0) is 25.5 Å². The van der Waals surface area contributed by atoms with Crippen molar-refractivity contribution >= 4 is 11.8 Å².